The molecule has 1 aromatic heterocycles. The summed E-state index contributed by atoms with van der Waals surface area (Å²) in [6.07, 6.45) is 3.43. The molecular formula is C13H13Cl2N5O. The summed E-state index contributed by atoms with van der Waals surface area (Å²) < 4.78 is 1.41. The molecule has 6 nitrogen and oxygen atoms in total. The topological polar surface area (TPSA) is 63.9 Å². The van der Waals surface area contributed by atoms with Crippen molar-refractivity contribution >= 4 is 29.1 Å². The van der Waals surface area contributed by atoms with Gasteiger partial charge in [-0.3, -0.25) is 4.79 Å². The molecule has 1 fully saturated rings. The quantitative estimate of drug-likeness (QED) is 0.845. The lowest BCUT2D eigenvalue weighted by Gasteiger charge is -2.23. The molecule has 0 atom stereocenters. The van der Waals surface area contributed by atoms with Crippen LogP contribution in [-0.2, 0) is 17.9 Å². The summed E-state index contributed by atoms with van der Waals surface area (Å²) in [6, 6.07) is 5.60. The second-order valence-electron chi connectivity index (χ2n) is 4.96. The predicted octanol–water partition coefficient (Wildman–Crippen LogP) is 2.17. The van der Waals surface area contributed by atoms with Gasteiger partial charge in [-0.15, -0.1) is 5.10 Å². The van der Waals surface area contributed by atoms with Gasteiger partial charge in [-0.2, -0.15) is 0 Å². The van der Waals surface area contributed by atoms with Gasteiger partial charge in [0.05, 0.1) is 0 Å². The number of amides is 1. The molecule has 1 heterocycles. The minimum absolute atomic E-state index is 0.0409. The van der Waals surface area contributed by atoms with Crippen molar-refractivity contribution in [2.24, 2.45) is 0 Å². The highest BCUT2D eigenvalue weighted by atomic mass is 35.5. The molecule has 0 bridgehead atoms. The minimum atomic E-state index is -0.0409. The zero-order chi connectivity index (χ0) is 14.8. The largest absolute Gasteiger partial charge is 0.334 e. The lowest BCUT2D eigenvalue weighted by atomic mass is 10.2. The molecule has 0 spiro atoms. The van der Waals surface area contributed by atoms with Crippen molar-refractivity contribution in [3.8, 4) is 0 Å². The number of halogens is 2. The molecule has 0 unspecified atom stereocenters. The van der Waals surface area contributed by atoms with Crippen LogP contribution >= 0.6 is 23.2 Å². The molecule has 1 aromatic carbocycles. The predicted molar refractivity (Wildman–Crippen MR) is 77.9 cm³/mol. The Balaban J connectivity index is 1.77. The van der Waals surface area contributed by atoms with Crippen molar-refractivity contribution in [2.75, 3.05) is 0 Å². The van der Waals surface area contributed by atoms with Crippen molar-refractivity contribution in [2.45, 2.75) is 32.0 Å². The van der Waals surface area contributed by atoms with Crippen LogP contribution in [0.25, 0.3) is 0 Å². The van der Waals surface area contributed by atoms with Gasteiger partial charge >= 0.3 is 0 Å². The first-order valence-electron chi connectivity index (χ1n) is 6.58. The van der Waals surface area contributed by atoms with Gasteiger partial charge in [-0.05, 0) is 35.4 Å². The number of aromatic nitrogens is 4. The number of hydrogen-bond acceptors (Lipinski definition) is 4. The number of carbonyl (C=O) groups excluding carboxylic acids is 1. The van der Waals surface area contributed by atoms with E-state index in [0.29, 0.717) is 16.6 Å². The Morgan fingerprint density at radius 1 is 1.33 bits per heavy atom. The molecule has 8 heteroatoms. The van der Waals surface area contributed by atoms with Gasteiger partial charge in [0.15, 0.2) is 0 Å². The number of nitrogens with zero attached hydrogens (tertiary/aromatic N) is 5. The highest BCUT2D eigenvalue weighted by Crippen LogP contribution is 2.32. The number of carbonyl (C=O) groups is 1. The molecule has 1 saturated carbocycles. The zero-order valence-corrected chi connectivity index (χ0v) is 12.6. The minimum Gasteiger partial charge on any atom is -0.334 e. The molecule has 0 aliphatic heterocycles. The van der Waals surface area contributed by atoms with E-state index in [0.717, 1.165) is 18.4 Å². The molecule has 3 rings (SSSR count). The number of tetrazole rings is 1. The number of rotatable bonds is 5. The van der Waals surface area contributed by atoms with Gasteiger partial charge in [-0.25, -0.2) is 4.68 Å². The lowest BCUT2D eigenvalue weighted by Crippen LogP contribution is -2.35. The molecular weight excluding hydrogens is 313 g/mol. The molecule has 1 aliphatic rings. The lowest BCUT2D eigenvalue weighted by molar-refractivity contribution is -0.133. The van der Waals surface area contributed by atoms with Crippen LogP contribution in [0.3, 0.4) is 0 Å². The molecule has 2 aromatic rings. The first kappa shape index (κ1) is 14.3. The van der Waals surface area contributed by atoms with Crippen LogP contribution in [0.1, 0.15) is 18.4 Å². The van der Waals surface area contributed by atoms with E-state index in [9.17, 15) is 4.79 Å². The maximum Gasteiger partial charge on any atom is 0.244 e. The molecule has 110 valence electrons. The first-order valence-corrected chi connectivity index (χ1v) is 7.34. The number of hydrogen-bond donors (Lipinski definition) is 0. The SMILES string of the molecule is O=C(Cn1cnnn1)N(Cc1c(Cl)cccc1Cl)C1CC1. The Morgan fingerprint density at radius 2 is 2.05 bits per heavy atom. The van der Waals surface area contributed by atoms with E-state index >= 15 is 0 Å². The molecule has 1 aliphatic carbocycles. The van der Waals surface area contributed by atoms with E-state index in [2.05, 4.69) is 15.5 Å². The summed E-state index contributed by atoms with van der Waals surface area (Å²) in [6.45, 7) is 0.524. The summed E-state index contributed by atoms with van der Waals surface area (Å²) >= 11 is 12.4. The van der Waals surface area contributed by atoms with Gasteiger partial charge in [-0.1, -0.05) is 29.3 Å². The fraction of sp³-hybridized carbons (Fsp3) is 0.385. The molecule has 21 heavy (non-hydrogen) atoms. The summed E-state index contributed by atoms with van der Waals surface area (Å²) in [5.74, 6) is -0.0409. The normalized spacial score (nSPS) is 14.2. The highest BCUT2D eigenvalue weighted by Gasteiger charge is 2.33. The van der Waals surface area contributed by atoms with E-state index in [-0.39, 0.29) is 18.5 Å². The Bertz CT molecular complexity index is 622. The van der Waals surface area contributed by atoms with Crippen molar-refractivity contribution < 1.29 is 4.79 Å². The third kappa shape index (κ3) is 3.33. The van der Waals surface area contributed by atoms with Crippen LogP contribution in [0.5, 0.6) is 0 Å². The van der Waals surface area contributed by atoms with E-state index in [4.69, 9.17) is 23.2 Å². The number of benzene rings is 1. The van der Waals surface area contributed by atoms with Crippen LogP contribution in [0.4, 0.5) is 0 Å². The van der Waals surface area contributed by atoms with Gasteiger partial charge in [0.2, 0.25) is 5.91 Å². The molecule has 1 amide bonds. The Kier molecular flexibility index (Phi) is 4.07. The monoisotopic (exact) mass is 325 g/mol. The Labute approximate surface area is 131 Å². The van der Waals surface area contributed by atoms with E-state index in [1.807, 2.05) is 0 Å². The van der Waals surface area contributed by atoms with Crippen molar-refractivity contribution in [1.82, 2.24) is 25.1 Å². The average molecular weight is 326 g/mol. The third-order valence-electron chi connectivity index (χ3n) is 3.39. The van der Waals surface area contributed by atoms with Crippen LogP contribution in [-0.4, -0.2) is 37.1 Å². The fourth-order valence-electron chi connectivity index (χ4n) is 2.14. The summed E-state index contributed by atoms with van der Waals surface area (Å²) in [7, 11) is 0. The average Bonchev–Trinajstić information content (AvgIpc) is 3.16. The summed E-state index contributed by atoms with van der Waals surface area (Å²) in [5, 5.41) is 11.9. The summed E-state index contributed by atoms with van der Waals surface area (Å²) in [5.41, 5.74) is 0.776. The van der Waals surface area contributed by atoms with Crippen LogP contribution in [0, 0.1) is 0 Å². The van der Waals surface area contributed by atoms with Crippen molar-refractivity contribution in [3.05, 3.63) is 40.1 Å². The maximum absolute atomic E-state index is 12.4. The molecule has 0 saturated heterocycles. The molecule has 0 N–H and O–H groups in total. The van der Waals surface area contributed by atoms with Gasteiger partial charge in [0, 0.05) is 28.2 Å². The van der Waals surface area contributed by atoms with E-state index in [1.165, 1.54) is 11.0 Å². The van der Waals surface area contributed by atoms with Crippen molar-refractivity contribution in [1.29, 1.82) is 0 Å². The summed E-state index contributed by atoms with van der Waals surface area (Å²) in [4.78, 5) is 14.2. The van der Waals surface area contributed by atoms with Gasteiger partial charge in [0.25, 0.3) is 0 Å². The highest BCUT2D eigenvalue weighted by molar-refractivity contribution is 6.36. The third-order valence-corrected chi connectivity index (χ3v) is 4.10. The van der Waals surface area contributed by atoms with Crippen LogP contribution in [0.15, 0.2) is 24.5 Å². The van der Waals surface area contributed by atoms with Crippen LogP contribution < -0.4 is 0 Å². The Morgan fingerprint density at radius 3 is 2.62 bits per heavy atom. The maximum atomic E-state index is 12.4. The fourth-order valence-corrected chi connectivity index (χ4v) is 2.66. The molecule has 0 radical (unpaired) electrons. The van der Waals surface area contributed by atoms with Gasteiger partial charge < -0.3 is 4.90 Å². The zero-order valence-electron chi connectivity index (χ0n) is 11.1. The standard InChI is InChI=1S/C13H13Cl2N5O/c14-11-2-1-3-12(15)10(11)6-20(9-4-5-9)13(21)7-19-8-16-17-18-19/h1-3,8-9H,4-7H2. The smallest absolute Gasteiger partial charge is 0.244 e. The second kappa shape index (κ2) is 5.99. The van der Waals surface area contributed by atoms with Gasteiger partial charge in [0.1, 0.15) is 12.9 Å². The Hall–Kier alpha value is -1.66. The van der Waals surface area contributed by atoms with Crippen LogP contribution in [0.2, 0.25) is 10.0 Å². The first-order chi connectivity index (χ1) is 10.1. The van der Waals surface area contributed by atoms with E-state index in [1.54, 1.807) is 23.1 Å². The van der Waals surface area contributed by atoms with E-state index < -0.39 is 0 Å². The second-order valence-corrected chi connectivity index (χ2v) is 5.77. The van der Waals surface area contributed by atoms with Crippen molar-refractivity contribution in [3.63, 3.8) is 0 Å².